The summed E-state index contributed by atoms with van der Waals surface area (Å²) in [7, 11) is 0. The van der Waals surface area contributed by atoms with Gasteiger partial charge in [0.15, 0.2) is 5.66 Å². The van der Waals surface area contributed by atoms with Gasteiger partial charge in [0.25, 0.3) is 0 Å². The summed E-state index contributed by atoms with van der Waals surface area (Å²) in [6.45, 7) is 0. The lowest BCUT2D eigenvalue weighted by atomic mass is 9.71. The summed E-state index contributed by atoms with van der Waals surface area (Å²) in [6, 6.07) is 5.22. The molecule has 1 aliphatic heterocycles. The number of alkyl halides is 3. The maximum absolute atomic E-state index is 13.0. The number of nitrogens with zero attached hydrogens (tertiary/aromatic N) is 2. The Morgan fingerprint density at radius 3 is 2.54 bits per heavy atom. The number of carbonyl (C=O) groups is 1. The maximum atomic E-state index is 13.0. The van der Waals surface area contributed by atoms with Crippen molar-refractivity contribution in [1.29, 1.82) is 0 Å². The molecule has 2 aliphatic rings. The molecule has 0 bridgehead atoms. The van der Waals surface area contributed by atoms with Gasteiger partial charge in [-0.2, -0.15) is 23.4 Å². The lowest BCUT2D eigenvalue weighted by Gasteiger charge is -2.43. The lowest BCUT2D eigenvalue weighted by Crippen LogP contribution is -2.51. The van der Waals surface area contributed by atoms with Crippen LogP contribution in [0.15, 0.2) is 34.5 Å². The van der Waals surface area contributed by atoms with E-state index in [9.17, 15) is 18.0 Å². The van der Waals surface area contributed by atoms with E-state index in [0.717, 1.165) is 18.6 Å². The van der Waals surface area contributed by atoms with E-state index >= 15 is 0 Å². The molecule has 26 heavy (non-hydrogen) atoms. The first-order valence-electron chi connectivity index (χ1n) is 8.65. The van der Waals surface area contributed by atoms with Crippen molar-refractivity contribution >= 4 is 5.91 Å². The number of carbonyl (C=O) groups excluding carboxylic acids is 1. The molecule has 1 amide bonds. The molecule has 3 rings (SSSR count). The highest BCUT2D eigenvalue weighted by Crippen LogP contribution is 2.43. The Kier molecular flexibility index (Phi) is 4.78. The number of amides is 1. The summed E-state index contributed by atoms with van der Waals surface area (Å²) in [5, 5.41) is 10.9. The summed E-state index contributed by atoms with van der Waals surface area (Å²) in [5.41, 5.74) is -1.43. The smallest absolute Gasteiger partial charge is 0.347 e. The Bertz CT molecular complexity index is 754. The standard InChI is InChI=1S/C19H20F3N3O/c1-2-3-11-18(24-25-18)12-8-16(26)23-17(9-5-10-17)14-6-4-7-15(13-14)19(20,21)22/h1,4,6-7,13H,3,5,8-12H2,(H,23,26). The van der Waals surface area contributed by atoms with Crippen molar-refractivity contribution in [2.24, 2.45) is 10.2 Å². The fraction of sp³-hybridized carbons (Fsp3) is 0.526. The molecule has 0 unspecified atom stereocenters. The van der Waals surface area contributed by atoms with Crippen LogP contribution in [0.2, 0.25) is 0 Å². The molecule has 1 saturated carbocycles. The molecule has 1 fully saturated rings. The molecule has 0 saturated heterocycles. The second-order valence-corrected chi connectivity index (χ2v) is 6.95. The van der Waals surface area contributed by atoms with Crippen LogP contribution in [0.25, 0.3) is 0 Å². The van der Waals surface area contributed by atoms with Crippen molar-refractivity contribution in [1.82, 2.24) is 5.32 Å². The second-order valence-electron chi connectivity index (χ2n) is 6.95. The van der Waals surface area contributed by atoms with E-state index in [4.69, 9.17) is 6.42 Å². The predicted octanol–water partition coefficient (Wildman–Crippen LogP) is 4.56. The van der Waals surface area contributed by atoms with Crippen LogP contribution in [0.5, 0.6) is 0 Å². The van der Waals surface area contributed by atoms with E-state index < -0.39 is 22.9 Å². The summed E-state index contributed by atoms with van der Waals surface area (Å²) in [6.07, 6.45) is 4.84. The van der Waals surface area contributed by atoms with Gasteiger partial charge in [0.2, 0.25) is 5.91 Å². The topological polar surface area (TPSA) is 53.8 Å². The molecule has 0 atom stereocenters. The minimum absolute atomic E-state index is 0.195. The molecule has 7 heteroatoms. The molecule has 1 aromatic carbocycles. The van der Waals surface area contributed by atoms with Crippen LogP contribution in [0.4, 0.5) is 13.2 Å². The molecule has 138 valence electrons. The highest BCUT2D eigenvalue weighted by Gasteiger charge is 2.43. The van der Waals surface area contributed by atoms with Crippen LogP contribution in [-0.4, -0.2) is 11.6 Å². The van der Waals surface area contributed by atoms with Gasteiger partial charge in [-0.15, -0.1) is 12.3 Å². The maximum Gasteiger partial charge on any atom is 0.416 e. The molecule has 0 spiro atoms. The Morgan fingerprint density at radius 2 is 2.00 bits per heavy atom. The van der Waals surface area contributed by atoms with E-state index in [0.29, 0.717) is 37.7 Å². The van der Waals surface area contributed by atoms with Crippen LogP contribution < -0.4 is 5.32 Å². The van der Waals surface area contributed by atoms with E-state index in [-0.39, 0.29) is 12.3 Å². The SMILES string of the molecule is C#CCCC1(CCC(=O)NC2(c3cccc(C(F)(F)F)c3)CCC2)N=N1. The molecular formula is C19H20F3N3O. The Morgan fingerprint density at radius 1 is 1.27 bits per heavy atom. The Hall–Kier alpha value is -2.36. The summed E-state index contributed by atoms with van der Waals surface area (Å²) in [5.74, 6) is 2.34. The zero-order chi connectivity index (χ0) is 18.8. The summed E-state index contributed by atoms with van der Waals surface area (Å²) < 4.78 is 38.9. The van der Waals surface area contributed by atoms with Crippen molar-refractivity contribution in [2.75, 3.05) is 0 Å². The van der Waals surface area contributed by atoms with Gasteiger partial charge >= 0.3 is 6.18 Å². The van der Waals surface area contributed by atoms with Gasteiger partial charge in [0, 0.05) is 25.7 Å². The largest absolute Gasteiger partial charge is 0.416 e. The van der Waals surface area contributed by atoms with Crippen molar-refractivity contribution in [3.63, 3.8) is 0 Å². The highest BCUT2D eigenvalue weighted by molar-refractivity contribution is 5.77. The fourth-order valence-corrected chi connectivity index (χ4v) is 3.32. The van der Waals surface area contributed by atoms with Crippen LogP contribution in [0, 0.1) is 12.3 Å². The lowest BCUT2D eigenvalue weighted by molar-refractivity contribution is -0.137. The number of terminal acetylenes is 1. The monoisotopic (exact) mass is 363 g/mol. The first kappa shape index (κ1) is 18.4. The zero-order valence-electron chi connectivity index (χ0n) is 14.3. The van der Waals surface area contributed by atoms with Gasteiger partial charge in [0.05, 0.1) is 11.1 Å². The molecule has 0 radical (unpaired) electrons. The third-order valence-electron chi connectivity index (χ3n) is 5.13. The van der Waals surface area contributed by atoms with Gasteiger partial charge in [-0.25, -0.2) is 0 Å². The number of nitrogens with one attached hydrogen (secondary N) is 1. The number of hydrogen-bond donors (Lipinski definition) is 1. The average Bonchev–Trinajstić information content (AvgIpc) is 3.34. The van der Waals surface area contributed by atoms with Crippen molar-refractivity contribution in [2.45, 2.75) is 62.3 Å². The van der Waals surface area contributed by atoms with E-state index in [2.05, 4.69) is 21.5 Å². The average molecular weight is 363 g/mol. The van der Waals surface area contributed by atoms with Crippen molar-refractivity contribution in [3.8, 4) is 12.3 Å². The van der Waals surface area contributed by atoms with Gasteiger partial charge in [-0.3, -0.25) is 4.79 Å². The minimum Gasteiger partial charge on any atom is -0.347 e. The van der Waals surface area contributed by atoms with Crippen LogP contribution in [-0.2, 0) is 16.5 Å². The van der Waals surface area contributed by atoms with E-state index in [1.54, 1.807) is 6.07 Å². The molecule has 1 aliphatic carbocycles. The molecule has 1 heterocycles. The van der Waals surface area contributed by atoms with Crippen molar-refractivity contribution < 1.29 is 18.0 Å². The number of rotatable bonds is 7. The second kappa shape index (κ2) is 6.75. The Balaban J connectivity index is 1.64. The summed E-state index contributed by atoms with van der Waals surface area (Å²) >= 11 is 0. The first-order chi connectivity index (χ1) is 12.3. The van der Waals surface area contributed by atoms with Crippen LogP contribution in [0.1, 0.15) is 56.1 Å². The molecular weight excluding hydrogens is 343 g/mol. The third-order valence-corrected chi connectivity index (χ3v) is 5.13. The van der Waals surface area contributed by atoms with E-state index in [1.807, 2.05) is 0 Å². The van der Waals surface area contributed by atoms with Gasteiger partial charge in [0.1, 0.15) is 0 Å². The first-order valence-corrected chi connectivity index (χ1v) is 8.65. The number of hydrogen-bond acceptors (Lipinski definition) is 3. The van der Waals surface area contributed by atoms with Gasteiger partial charge in [-0.1, -0.05) is 12.1 Å². The van der Waals surface area contributed by atoms with E-state index in [1.165, 1.54) is 6.07 Å². The fourth-order valence-electron chi connectivity index (χ4n) is 3.32. The van der Waals surface area contributed by atoms with Gasteiger partial charge in [-0.05, 0) is 37.0 Å². The minimum atomic E-state index is -4.40. The highest BCUT2D eigenvalue weighted by atomic mass is 19.4. The zero-order valence-corrected chi connectivity index (χ0v) is 14.3. The molecule has 0 aromatic heterocycles. The third kappa shape index (κ3) is 3.90. The van der Waals surface area contributed by atoms with Crippen molar-refractivity contribution in [3.05, 3.63) is 35.4 Å². The normalized spacial score (nSPS) is 19.3. The van der Waals surface area contributed by atoms with Crippen LogP contribution in [0.3, 0.4) is 0 Å². The quantitative estimate of drug-likeness (QED) is 0.710. The summed E-state index contributed by atoms with van der Waals surface area (Å²) in [4.78, 5) is 12.4. The molecule has 4 nitrogen and oxygen atoms in total. The number of benzene rings is 1. The molecule has 1 aromatic rings. The predicted molar refractivity (Wildman–Crippen MR) is 90.0 cm³/mol. The van der Waals surface area contributed by atoms with Crippen LogP contribution >= 0.6 is 0 Å². The Labute approximate surface area is 150 Å². The number of halogens is 3. The van der Waals surface area contributed by atoms with Gasteiger partial charge < -0.3 is 5.32 Å². The molecule has 1 N–H and O–H groups in total.